The first-order chi connectivity index (χ1) is 12.9. The monoisotopic (exact) mass is 424 g/mol. The highest BCUT2D eigenvalue weighted by molar-refractivity contribution is 5.85. The summed E-state index contributed by atoms with van der Waals surface area (Å²) in [7, 11) is 0. The fourth-order valence-corrected chi connectivity index (χ4v) is 3.00. The predicted molar refractivity (Wildman–Crippen MR) is 103 cm³/mol. The van der Waals surface area contributed by atoms with E-state index in [2.05, 4.69) is 10.6 Å². The van der Waals surface area contributed by atoms with Crippen LogP contribution in [-0.2, 0) is 4.79 Å². The maximum atomic E-state index is 12.3. The smallest absolute Gasteiger partial charge is 0.422 e. The Labute approximate surface area is 169 Å². The second-order valence-corrected chi connectivity index (χ2v) is 6.63. The van der Waals surface area contributed by atoms with Crippen molar-refractivity contribution in [1.82, 2.24) is 10.6 Å². The van der Waals surface area contributed by atoms with Crippen LogP contribution in [0.2, 0.25) is 0 Å². The van der Waals surface area contributed by atoms with Gasteiger partial charge in [0.05, 0.1) is 0 Å². The van der Waals surface area contributed by atoms with E-state index in [0.717, 1.165) is 0 Å². The van der Waals surface area contributed by atoms with Gasteiger partial charge in [0.15, 0.2) is 24.7 Å². The van der Waals surface area contributed by atoms with Crippen LogP contribution in [0.5, 0.6) is 11.5 Å². The van der Waals surface area contributed by atoms with Gasteiger partial charge in [-0.05, 0) is 25.0 Å². The average Bonchev–Trinajstić information content (AvgIpc) is 2.90. The Morgan fingerprint density at radius 3 is 2.21 bits per heavy atom. The average molecular weight is 425 g/mol. The number of alkyl halides is 3. The maximum Gasteiger partial charge on any atom is 0.422 e. The Kier molecular flexibility index (Phi) is 11.1. The van der Waals surface area contributed by atoms with Crippen LogP contribution in [0.1, 0.15) is 38.5 Å². The van der Waals surface area contributed by atoms with Crippen LogP contribution in [-0.4, -0.2) is 44.4 Å². The van der Waals surface area contributed by atoms with E-state index in [4.69, 9.17) is 9.47 Å². The van der Waals surface area contributed by atoms with Gasteiger partial charge in [0, 0.05) is 19.1 Å². The summed E-state index contributed by atoms with van der Waals surface area (Å²) < 4.78 is 46.9. The Hall–Kier alpha value is -1.67. The summed E-state index contributed by atoms with van der Waals surface area (Å²) in [6, 6.07) is 6.49. The summed E-state index contributed by atoms with van der Waals surface area (Å²) in [4.78, 5) is 11.9. The number of hydrogen-bond donors (Lipinski definition) is 2. The van der Waals surface area contributed by atoms with E-state index in [9.17, 15) is 18.0 Å². The van der Waals surface area contributed by atoms with Crippen molar-refractivity contribution in [2.45, 2.75) is 50.7 Å². The molecule has 0 aliphatic heterocycles. The van der Waals surface area contributed by atoms with Crippen molar-refractivity contribution < 1.29 is 27.4 Å². The normalized spacial score (nSPS) is 15.2. The third-order valence-corrected chi connectivity index (χ3v) is 4.33. The van der Waals surface area contributed by atoms with E-state index in [0.29, 0.717) is 19.1 Å². The zero-order valence-electron chi connectivity index (χ0n) is 15.7. The zero-order chi connectivity index (χ0) is 19.5. The number of amides is 1. The SMILES string of the molecule is Cl.O=C(COc1ccccc1OCC(F)(F)F)NCCNC1CCCCCC1. The van der Waals surface area contributed by atoms with E-state index in [1.165, 1.54) is 56.7 Å². The number of carbonyl (C=O) groups excluding carboxylic acids is 1. The Balaban J connectivity index is 0.00000392. The molecule has 0 atom stereocenters. The van der Waals surface area contributed by atoms with Crippen LogP contribution < -0.4 is 20.1 Å². The van der Waals surface area contributed by atoms with E-state index >= 15 is 0 Å². The Morgan fingerprint density at radius 1 is 1.00 bits per heavy atom. The van der Waals surface area contributed by atoms with Gasteiger partial charge in [-0.1, -0.05) is 37.8 Å². The second kappa shape index (κ2) is 12.7. The third-order valence-electron chi connectivity index (χ3n) is 4.33. The topological polar surface area (TPSA) is 59.6 Å². The number of nitrogens with one attached hydrogen (secondary N) is 2. The molecule has 5 nitrogen and oxygen atoms in total. The standard InChI is InChI=1S/C19H27F3N2O3.ClH/c20-19(21,22)14-27-17-10-6-5-9-16(17)26-13-18(25)24-12-11-23-15-7-3-1-2-4-8-15;/h5-6,9-10,15,23H,1-4,7-8,11-14H2,(H,24,25);1H. The maximum absolute atomic E-state index is 12.3. The van der Waals surface area contributed by atoms with Crippen molar-refractivity contribution in [3.8, 4) is 11.5 Å². The Bertz CT molecular complexity index is 580. The van der Waals surface area contributed by atoms with E-state index in [-0.39, 0.29) is 36.4 Å². The van der Waals surface area contributed by atoms with Gasteiger partial charge in [-0.25, -0.2) is 0 Å². The molecule has 1 fully saturated rings. The van der Waals surface area contributed by atoms with Gasteiger partial charge in [-0.15, -0.1) is 12.4 Å². The van der Waals surface area contributed by atoms with Gasteiger partial charge < -0.3 is 20.1 Å². The summed E-state index contributed by atoms with van der Waals surface area (Å²) in [6.07, 6.45) is 2.98. The number of ether oxygens (including phenoxy) is 2. The van der Waals surface area contributed by atoms with E-state index in [1.807, 2.05) is 0 Å². The lowest BCUT2D eigenvalue weighted by atomic mass is 10.1. The molecule has 0 radical (unpaired) electrons. The molecule has 160 valence electrons. The summed E-state index contributed by atoms with van der Waals surface area (Å²) in [5.41, 5.74) is 0. The van der Waals surface area contributed by atoms with Crippen molar-refractivity contribution in [1.29, 1.82) is 0 Å². The quantitative estimate of drug-likeness (QED) is 0.467. The van der Waals surface area contributed by atoms with Crippen LogP contribution in [0.3, 0.4) is 0 Å². The van der Waals surface area contributed by atoms with Crippen LogP contribution >= 0.6 is 12.4 Å². The first kappa shape index (κ1) is 24.4. The molecule has 1 aromatic carbocycles. The minimum atomic E-state index is -4.44. The van der Waals surface area contributed by atoms with Gasteiger partial charge in [0.25, 0.3) is 5.91 Å². The number of benzene rings is 1. The first-order valence-electron chi connectivity index (χ1n) is 9.35. The highest BCUT2D eigenvalue weighted by atomic mass is 35.5. The number of rotatable bonds is 9. The minimum absolute atomic E-state index is 0. The molecule has 0 spiro atoms. The predicted octanol–water partition coefficient (Wildman–Crippen LogP) is 3.86. The zero-order valence-corrected chi connectivity index (χ0v) is 16.5. The third kappa shape index (κ3) is 10.0. The molecule has 0 unspecified atom stereocenters. The molecule has 1 amide bonds. The lowest BCUT2D eigenvalue weighted by Gasteiger charge is -2.16. The summed E-state index contributed by atoms with van der Waals surface area (Å²) >= 11 is 0. The van der Waals surface area contributed by atoms with Crippen LogP contribution in [0, 0.1) is 0 Å². The van der Waals surface area contributed by atoms with Gasteiger partial charge in [0.2, 0.25) is 0 Å². The molecule has 0 aromatic heterocycles. The second-order valence-electron chi connectivity index (χ2n) is 6.63. The van der Waals surface area contributed by atoms with Crippen molar-refractivity contribution >= 4 is 18.3 Å². The highest BCUT2D eigenvalue weighted by Crippen LogP contribution is 2.28. The van der Waals surface area contributed by atoms with Crippen LogP contribution in [0.15, 0.2) is 24.3 Å². The molecule has 1 aromatic rings. The summed E-state index contributed by atoms with van der Waals surface area (Å²) in [5.74, 6) is -0.269. The number of para-hydroxylation sites is 2. The molecule has 2 N–H and O–H groups in total. The molecule has 9 heteroatoms. The molecule has 1 saturated carbocycles. The molecular weight excluding hydrogens is 397 g/mol. The van der Waals surface area contributed by atoms with Gasteiger partial charge in [-0.3, -0.25) is 4.79 Å². The van der Waals surface area contributed by atoms with Gasteiger partial charge in [0.1, 0.15) is 0 Å². The summed E-state index contributed by atoms with van der Waals surface area (Å²) in [6.45, 7) is -0.533. The fraction of sp³-hybridized carbons (Fsp3) is 0.632. The van der Waals surface area contributed by atoms with Gasteiger partial charge >= 0.3 is 6.18 Å². The molecule has 1 aliphatic rings. The van der Waals surface area contributed by atoms with Crippen molar-refractivity contribution in [3.63, 3.8) is 0 Å². The molecule has 1 aliphatic carbocycles. The first-order valence-corrected chi connectivity index (χ1v) is 9.35. The van der Waals surface area contributed by atoms with Crippen molar-refractivity contribution in [2.75, 3.05) is 26.3 Å². The number of hydrogen-bond acceptors (Lipinski definition) is 4. The van der Waals surface area contributed by atoms with Crippen LogP contribution in [0.4, 0.5) is 13.2 Å². The molecule has 2 rings (SSSR count). The minimum Gasteiger partial charge on any atom is -0.480 e. The molecule has 28 heavy (non-hydrogen) atoms. The van der Waals surface area contributed by atoms with Gasteiger partial charge in [-0.2, -0.15) is 13.2 Å². The lowest BCUT2D eigenvalue weighted by molar-refractivity contribution is -0.153. The largest absolute Gasteiger partial charge is 0.480 e. The Morgan fingerprint density at radius 2 is 1.61 bits per heavy atom. The lowest BCUT2D eigenvalue weighted by Crippen LogP contribution is -2.38. The van der Waals surface area contributed by atoms with E-state index < -0.39 is 12.8 Å². The fourth-order valence-electron chi connectivity index (χ4n) is 3.00. The number of halogens is 4. The van der Waals surface area contributed by atoms with E-state index in [1.54, 1.807) is 6.07 Å². The van der Waals surface area contributed by atoms with Crippen molar-refractivity contribution in [2.24, 2.45) is 0 Å². The molecule has 0 heterocycles. The molecular formula is C19H28ClF3N2O3. The summed E-state index contributed by atoms with van der Waals surface area (Å²) in [5, 5.41) is 6.19. The van der Waals surface area contributed by atoms with Crippen LogP contribution in [0.25, 0.3) is 0 Å². The molecule has 0 bridgehead atoms. The molecule has 0 saturated heterocycles. The highest BCUT2D eigenvalue weighted by Gasteiger charge is 2.29. The number of carbonyl (C=O) groups is 1. The van der Waals surface area contributed by atoms with Crippen molar-refractivity contribution in [3.05, 3.63) is 24.3 Å².